The van der Waals surface area contributed by atoms with Gasteiger partial charge in [-0.2, -0.15) is 0 Å². The number of fused-ring (bicyclic) bond motifs is 1. The number of hydrogen-bond acceptors (Lipinski definition) is 6. The summed E-state index contributed by atoms with van der Waals surface area (Å²) >= 11 is 0. The fourth-order valence-electron chi connectivity index (χ4n) is 3.09. The lowest BCUT2D eigenvalue weighted by atomic mass is 10.1. The molecule has 1 aromatic carbocycles. The molecular formula is C22H20O6. The van der Waals surface area contributed by atoms with Crippen molar-refractivity contribution in [3.63, 3.8) is 0 Å². The van der Waals surface area contributed by atoms with Gasteiger partial charge in [-0.05, 0) is 30.7 Å². The second-order valence-corrected chi connectivity index (χ2v) is 6.22. The van der Waals surface area contributed by atoms with Crippen LogP contribution >= 0.6 is 0 Å². The molecule has 0 spiro atoms. The summed E-state index contributed by atoms with van der Waals surface area (Å²) in [7, 11) is 0. The van der Waals surface area contributed by atoms with Crippen molar-refractivity contribution in [2.24, 2.45) is 0 Å². The maximum absolute atomic E-state index is 13.0. The Morgan fingerprint density at radius 1 is 1.07 bits per heavy atom. The lowest BCUT2D eigenvalue weighted by molar-refractivity contribution is 0.0726. The van der Waals surface area contributed by atoms with Crippen LogP contribution in [0, 0.1) is 0 Å². The van der Waals surface area contributed by atoms with Gasteiger partial charge in [0.2, 0.25) is 24.8 Å². The summed E-state index contributed by atoms with van der Waals surface area (Å²) in [6.07, 6.45) is 9.48. The average molecular weight is 380 g/mol. The van der Waals surface area contributed by atoms with Crippen molar-refractivity contribution in [3.8, 4) is 0 Å². The highest BCUT2D eigenvalue weighted by molar-refractivity contribution is 5.84. The maximum Gasteiger partial charge on any atom is 0.230 e. The Hall–Kier alpha value is -3.41. The molecule has 0 aliphatic carbocycles. The zero-order chi connectivity index (χ0) is 19.5. The second kappa shape index (κ2) is 7.68. The van der Waals surface area contributed by atoms with Gasteiger partial charge in [0.15, 0.2) is 11.5 Å². The van der Waals surface area contributed by atoms with Gasteiger partial charge in [0.1, 0.15) is 17.6 Å². The van der Waals surface area contributed by atoms with Crippen molar-refractivity contribution in [3.05, 3.63) is 75.2 Å². The zero-order valence-electron chi connectivity index (χ0n) is 15.7. The normalized spacial score (nSPS) is 16.4. The van der Waals surface area contributed by atoms with Gasteiger partial charge in [0, 0.05) is 6.42 Å². The van der Waals surface area contributed by atoms with E-state index in [2.05, 4.69) is 0 Å². The van der Waals surface area contributed by atoms with Gasteiger partial charge >= 0.3 is 0 Å². The topological polar surface area (TPSA) is 67.1 Å². The zero-order valence-corrected chi connectivity index (χ0v) is 15.7. The van der Waals surface area contributed by atoms with E-state index in [0.717, 1.165) is 23.5 Å². The van der Waals surface area contributed by atoms with Crippen molar-refractivity contribution in [2.45, 2.75) is 20.3 Å². The highest BCUT2D eigenvalue weighted by atomic mass is 16.7. The molecule has 6 nitrogen and oxygen atoms in total. The van der Waals surface area contributed by atoms with E-state index in [0.29, 0.717) is 28.1 Å². The van der Waals surface area contributed by atoms with E-state index in [-0.39, 0.29) is 19.0 Å². The van der Waals surface area contributed by atoms with Crippen LogP contribution in [0.2, 0.25) is 0 Å². The molecule has 0 unspecified atom stereocenters. The Labute approximate surface area is 162 Å². The third-order valence-corrected chi connectivity index (χ3v) is 4.45. The molecule has 0 amide bonds. The van der Waals surface area contributed by atoms with Crippen molar-refractivity contribution in [2.75, 3.05) is 13.6 Å². The van der Waals surface area contributed by atoms with E-state index in [4.69, 9.17) is 23.4 Å². The van der Waals surface area contributed by atoms with E-state index in [1.807, 2.05) is 38.1 Å². The van der Waals surface area contributed by atoms with Crippen LogP contribution in [0.25, 0.3) is 28.9 Å². The van der Waals surface area contributed by atoms with E-state index in [9.17, 15) is 4.79 Å². The summed E-state index contributed by atoms with van der Waals surface area (Å²) in [4.78, 5) is 13.0. The van der Waals surface area contributed by atoms with Gasteiger partial charge in [0.25, 0.3) is 0 Å². The van der Waals surface area contributed by atoms with Crippen LogP contribution < -0.4 is 5.43 Å². The molecule has 1 aromatic heterocycles. The molecule has 0 atom stereocenters. The average Bonchev–Trinajstić information content (AvgIpc) is 3.40. The minimum Gasteiger partial charge on any atom is -0.461 e. The van der Waals surface area contributed by atoms with Gasteiger partial charge in [-0.15, -0.1) is 0 Å². The summed E-state index contributed by atoms with van der Waals surface area (Å²) in [6.45, 7) is 4.20. The molecule has 2 aliphatic heterocycles. The molecule has 144 valence electrons. The monoisotopic (exact) mass is 380 g/mol. The van der Waals surface area contributed by atoms with Crippen LogP contribution in [0.4, 0.5) is 0 Å². The van der Waals surface area contributed by atoms with Gasteiger partial charge in [-0.3, -0.25) is 4.79 Å². The molecule has 0 N–H and O–H groups in total. The molecule has 28 heavy (non-hydrogen) atoms. The van der Waals surface area contributed by atoms with Crippen LogP contribution in [0.5, 0.6) is 0 Å². The summed E-state index contributed by atoms with van der Waals surface area (Å²) in [5.74, 6) is 2.31. The van der Waals surface area contributed by atoms with Crippen LogP contribution in [-0.2, 0) is 18.9 Å². The molecular weight excluding hydrogens is 360 g/mol. The Morgan fingerprint density at radius 2 is 1.96 bits per heavy atom. The third-order valence-electron chi connectivity index (χ3n) is 4.45. The Balaban J connectivity index is 1.79. The Morgan fingerprint density at radius 3 is 2.71 bits per heavy atom. The SMILES string of the molecule is C/C=C\c1c(C2=COCO2)oc2cc(/C=C\C3=C(CC)OCO3)ccc2c1=O. The van der Waals surface area contributed by atoms with Crippen LogP contribution in [-0.4, -0.2) is 13.6 Å². The van der Waals surface area contributed by atoms with Crippen molar-refractivity contribution < 1.29 is 23.4 Å². The van der Waals surface area contributed by atoms with Gasteiger partial charge in [0.05, 0.1) is 10.9 Å². The molecule has 0 saturated carbocycles. The number of benzene rings is 1. The second-order valence-electron chi connectivity index (χ2n) is 6.22. The van der Waals surface area contributed by atoms with E-state index >= 15 is 0 Å². The first kappa shape index (κ1) is 18.0. The minimum absolute atomic E-state index is 0.103. The summed E-state index contributed by atoms with van der Waals surface area (Å²) in [6, 6.07) is 5.44. The number of allylic oxidation sites excluding steroid dienone is 3. The molecule has 0 bridgehead atoms. The lowest BCUT2D eigenvalue weighted by Gasteiger charge is -2.08. The van der Waals surface area contributed by atoms with Crippen LogP contribution in [0.3, 0.4) is 0 Å². The third kappa shape index (κ3) is 3.29. The van der Waals surface area contributed by atoms with Crippen molar-refractivity contribution in [1.82, 2.24) is 0 Å². The van der Waals surface area contributed by atoms with Gasteiger partial charge in [-0.25, -0.2) is 0 Å². The first-order valence-corrected chi connectivity index (χ1v) is 9.06. The Kier molecular flexibility index (Phi) is 4.93. The molecule has 0 fully saturated rings. The predicted octanol–water partition coefficient (Wildman–Crippen LogP) is 4.77. The van der Waals surface area contributed by atoms with Gasteiger partial charge in [-0.1, -0.05) is 31.2 Å². The first-order chi connectivity index (χ1) is 13.7. The molecule has 2 aromatic rings. The summed E-state index contributed by atoms with van der Waals surface area (Å²) < 4.78 is 27.5. The molecule has 6 heteroatoms. The Bertz CT molecular complexity index is 1080. The molecule has 2 aliphatic rings. The van der Waals surface area contributed by atoms with Gasteiger partial charge < -0.3 is 23.4 Å². The molecule has 4 rings (SSSR count). The van der Waals surface area contributed by atoms with Crippen molar-refractivity contribution >= 4 is 28.9 Å². The standard InChI is InChI=1S/C22H20O6/c1-3-5-16-21(23)15-8-6-14(7-9-18-17(4-2)26-13-27-18)10-19(15)28-22(16)20-11-24-12-25-20/h3,5-11H,4,12-13H2,1-2H3/b5-3-,9-7-. The summed E-state index contributed by atoms with van der Waals surface area (Å²) in [5.41, 5.74) is 1.66. The number of ether oxygens (including phenoxy) is 4. The minimum atomic E-state index is -0.121. The number of rotatable bonds is 5. The quantitative estimate of drug-likeness (QED) is 0.744. The predicted molar refractivity (Wildman–Crippen MR) is 106 cm³/mol. The first-order valence-electron chi connectivity index (χ1n) is 9.06. The highest BCUT2D eigenvalue weighted by Gasteiger charge is 2.20. The smallest absolute Gasteiger partial charge is 0.230 e. The van der Waals surface area contributed by atoms with Crippen LogP contribution in [0.15, 0.2) is 57.3 Å². The largest absolute Gasteiger partial charge is 0.461 e. The van der Waals surface area contributed by atoms with E-state index < -0.39 is 0 Å². The molecule has 0 radical (unpaired) electrons. The fourth-order valence-corrected chi connectivity index (χ4v) is 3.09. The highest BCUT2D eigenvalue weighted by Crippen LogP contribution is 2.28. The fraction of sp³-hybridized carbons (Fsp3) is 0.227. The lowest BCUT2D eigenvalue weighted by Crippen LogP contribution is -2.09. The molecule has 0 saturated heterocycles. The maximum atomic E-state index is 13.0. The molecule has 3 heterocycles. The van der Waals surface area contributed by atoms with Crippen LogP contribution in [0.1, 0.15) is 37.2 Å². The van der Waals surface area contributed by atoms with Crippen molar-refractivity contribution in [1.29, 1.82) is 0 Å². The van der Waals surface area contributed by atoms with E-state index in [1.54, 1.807) is 18.2 Å². The number of hydrogen-bond donors (Lipinski definition) is 0. The summed E-state index contributed by atoms with van der Waals surface area (Å²) in [5, 5.41) is 0.502. The van der Waals surface area contributed by atoms with E-state index in [1.165, 1.54) is 6.26 Å².